The van der Waals surface area contributed by atoms with Crippen LogP contribution < -0.4 is 0 Å². The molecule has 6 heteroatoms. The first kappa shape index (κ1) is 8.52. The third kappa shape index (κ3) is 2.23. The average molecular weight is 186 g/mol. The molecule has 1 fully saturated rings. The molecule has 1 rings (SSSR count). The predicted octanol–water partition coefficient (Wildman–Crippen LogP) is 0.647. The van der Waals surface area contributed by atoms with Crippen molar-refractivity contribution < 1.29 is 4.84 Å². The van der Waals surface area contributed by atoms with Crippen molar-refractivity contribution >= 4 is 23.6 Å². The Morgan fingerprint density at radius 2 is 1.60 bits per heavy atom. The van der Waals surface area contributed by atoms with Crippen LogP contribution in [0.15, 0.2) is 0 Å². The predicted molar refractivity (Wildman–Crippen MR) is 38.8 cm³/mol. The van der Waals surface area contributed by atoms with E-state index < -0.39 is 0 Å². The molecule has 0 saturated carbocycles. The van der Waals surface area contributed by atoms with Crippen LogP contribution in [0, 0.1) is 0 Å². The van der Waals surface area contributed by atoms with Crippen LogP contribution in [0.1, 0.15) is 0 Å². The Labute approximate surface area is 70.0 Å². The molecule has 0 bridgehead atoms. The molecule has 0 spiro atoms. The van der Waals surface area contributed by atoms with Gasteiger partial charge in [0.2, 0.25) is 0 Å². The van der Waals surface area contributed by atoms with Gasteiger partial charge < -0.3 is 0 Å². The fraction of sp³-hybridized carbons (Fsp3) is 1.00. The molecule has 0 radical (unpaired) electrons. The second-order valence-electron chi connectivity index (χ2n) is 2.01. The minimum Gasteiger partial charge on any atom is -0.300 e. The van der Waals surface area contributed by atoms with Crippen LogP contribution in [0.25, 0.3) is 0 Å². The first-order chi connectivity index (χ1) is 4.72. The van der Waals surface area contributed by atoms with E-state index >= 15 is 0 Å². The third-order valence-electron chi connectivity index (χ3n) is 1.19. The third-order valence-corrected chi connectivity index (χ3v) is 1.62. The van der Waals surface area contributed by atoms with Crippen molar-refractivity contribution in [1.82, 2.24) is 13.9 Å². The molecule has 60 valence electrons. The molecule has 0 aliphatic carbocycles. The van der Waals surface area contributed by atoms with Crippen molar-refractivity contribution in [2.24, 2.45) is 0 Å². The lowest BCUT2D eigenvalue weighted by Gasteiger charge is -2.33. The first-order valence-corrected chi connectivity index (χ1v) is 3.50. The zero-order valence-electron chi connectivity index (χ0n) is 5.63. The summed E-state index contributed by atoms with van der Waals surface area (Å²) in [5.74, 6) is 0. The summed E-state index contributed by atoms with van der Waals surface area (Å²) in [5, 5.41) is 1.64. The van der Waals surface area contributed by atoms with E-state index in [1.54, 1.807) is 12.2 Å². The Bertz CT molecular complexity index is 105. The monoisotopic (exact) mass is 185 g/mol. The molecular formula is C4H9Cl2N3O. The number of halogens is 2. The lowest BCUT2D eigenvalue weighted by atomic mass is 10.7. The molecule has 1 heterocycles. The Morgan fingerprint density at radius 1 is 1.10 bits per heavy atom. The van der Waals surface area contributed by atoms with Crippen LogP contribution in [-0.2, 0) is 4.84 Å². The molecule has 0 amide bonds. The second kappa shape index (κ2) is 3.71. The maximum atomic E-state index is 5.67. The van der Waals surface area contributed by atoms with Gasteiger partial charge in [-0.2, -0.15) is 13.9 Å². The van der Waals surface area contributed by atoms with Crippen molar-refractivity contribution in [3.63, 3.8) is 0 Å². The Morgan fingerprint density at radius 3 is 2.00 bits per heavy atom. The quantitative estimate of drug-likeness (QED) is 0.559. The standard InChI is InChI=1S/C4H9Cl2N3O/c1-10-9-3-7(5)2-8(6)4-9/h2-4H2,1H3. The van der Waals surface area contributed by atoms with E-state index in [1.165, 1.54) is 8.84 Å². The molecule has 0 unspecified atom stereocenters. The minimum absolute atomic E-state index is 0.545. The van der Waals surface area contributed by atoms with Gasteiger partial charge in [-0.1, -0.05) is 0 Å². The van der Waals surface area contributed by atoms with Gasteiger partial charge in [0.1, 0.15) is 0 Å². The number of hydrogen-bond donors (Lipinski definition) is 0. The molecule has 0 aromatic heterocycles. The molecule has 4 nitrogen and oxygen atoms in total. The number of nitrogens with zero attached hydrogens (tertiary/aromatic N) is 3. The maximum absolute atomic E-state index is 5.67. The second-order valence-corrected chi connectivity index (χ2v) is 2.97. The first-order valence-electron chi connectivity index (χ1n) is 2.83. The highest BCUT2D eigenvalue weighted by molar-refractivity contribution is 6.15. The van der Waals surface area contributed by atoms with Gasteiger partial charge in [0.25, 0.3) is 0 Å². The number of rotatable bonds is 1. The van der Waals surface area contributed by atoms with Crippen molar-refractivity contribution in [2.75, 3.05) is 27.1 Å². The fourth-order valence-electron chi connectivity index (χ4n) is 0.758. The van der Waals surface area contributed by atoms with Crippen molar-refractivity contribution in [3.8, 4) is 0 Å². The normalized spacial score (nSPS) is 25.5. The summed E-state index contributed by atoms with van der Waals surface area (Å²) in [6.45, 7) is 1.69. The lowest BCUT2D eigenvalue weighted by molar-refractivity contribution is -0.187. The van der Waals surface area contributed by atoms with Gasteiger partial charge >= 0.3 is 0 Å². The zero-order chi connectivity index (χ0) is 7.56. The highest BCUT2D eigenvalue weighted by Crippen LogP contribution is 2.10. The van der Waals surface area contributed by atoms with E-state index in [2.05, 4.69) is 0 Å². The van der Waals surface area contributed by atoms with Gasteiger partial charge in [0, 0.05) is 0 Å². The molecule has 0 aromatic carbocycles. The highest BCUT2D eigenvalue weighted by Gasteiger charge is 2.20. The Kier molecular flexibility index (Phi) is 3.16. The van der Waals surface area contributed by atoms with Gasteiger partial charge in [-0.3, -0.25) is 4.84 Å². The Balaban J connectivity index is 2.35. The Hall–Kier alpha value is 0.420. The highest BCUT2D eigenvalue weighted by atomic mass is 35.5. The van der Waals surface area contributed by atoms with Crippen LogP contribution >= 0.6 is 23.6 Å². The van der Waals surface area contributed by atoms with E-state index in [9.17, 15) is 0 Å². The fourth-order valence-corrected chi connectivity index (χ4v) is 1.31. The van der Waals surface area contributed by atoms with Gasteiger partial charge in [-0.25, -0.2) is 0 Å². The van der Waals surface area contributed by atoms with E-state index in [4.69, 9.17) is 28.4 Å². The number of hydroxylamine groups is 2. The summed E-state index contributed by atoms with van der Waals surface area (Å²) in [4.78, 5) is 4.91. The molecule has 1 aliphatic rings. The summed E-state index contributed by atoms with van der Waals surface area (Å²) in [7, 11) is 1.58. The summed E-state index contributed by atoms with van der Waals surface area (Å²) in [5.41, 5.74) is 0. The molecule has 1 saturated heterocycles. The smallest absolute Gasteiger partial charge is 0.0929 e. The molecule has 0 N–H and O–H groups in total. The number of hydrogen-bond acceptors (Lipinski definition) is 4. The average Bonchev–Trinajstić information content (AvgIpc) is 1.85. The van der Waals surface area contributed by atoms with Crippen LogP contribution in [-0.4, -0.2) is 41.0 Å². The molecule has 1 aliphatic heterocycles. The van der Waals surface area contributed by atoms with Gasteiger partial charge in [0.05, 0.1) is 27.1 Å². The summed E-state index contributed by atoms with van der Waals surface area (Å²) >= 11 is 11.3. The summed E-state index contributed by atoms with van der Waals surface area (Å²) in [6.07, 6.45) is 0. The summed E-state index contributed by atoms with van der Waals surface area (Å²) < 4.78 is 3.06. The van der Waals surface area contributed by atoms with Crippen molar-refractivity contribution in [3.05, 3.63) is 0 Å². The summed E-state index contributed by atoms with van der Waals surface area (Å²) in [6, 6.07) is 0. The molecule has 0 aromatic rings. The SMILES string of the molecule is CON1CN(Cl)CN(Cl)C1. The molecular weight excluding hydrogens is 177 g/mol. The van der Waals surface area contributed by atoms with Crippen LogP contribution in [0.3, 0.4) is 0 Å². The largest absolute Gasteiger partial charge is 0.300 e. The van der Waals surface area contributed by atoms with E-state index in [0.717, 1.165) is 0 Å². The van der Waals surface area contributed by atoms with Crippen molar-refractivity contribution in [1.29, 1.82) is 0 Å². The van der Waals surface area contributed by atoms with Crippen molar-refractivity contribution in [2.45, 2.75) is 0 Å². The minimum atomic E-state index is 0.545. The topological polar surface area (TPSA) is 19.0 Å². The molecule has 10 heavy (non-hydrogen) atoms. The lowest BCUT2D eigenvalue weighted by Crippen LogP contribution is -2.47. The zero-order valence-corrected chi connectivity index (χ0v) is 7.14. The van der Waals surface area contributed by atoms with Crippen LogP contribution in [0.5, 0.6) is 0 Å². The van der Waals surface area contributed by atoms with Gasteiger partial charge in [-0.05, 0) is 23.6 Å². The van der Waals surface area contributed by atoms with Gasteiger partial charge in [-0.15, -0.1) is 0 Å². The van der Waals surface area contributed by atoms with E-state index in [0.29, 0.717) is 20.0 Å². The van der Waals surface area contributed by atoms with Gasteiger partial charge in [0.15, 0.2) is 0 Å². The van der Waals surface area contributed by atoms with Crippen LogP contribution in [0.2, 0.25) is 0 Å². The van der Waals surface area contributed by atoms with Crippen LogP contribution in [0.4, 0.5) is 0 Å². The van der Waals surface area contributed by atoms with E-state index in [-0.39, 0.29) is 0 Å². The maximum Gasteiger partial charge on any atom is 0.0929 e. The van der Waals surface area contributed by atoms with E-state index in [1.807, 2.05) is 0 Å². The molecule has 0 atom stereocenters.